The predicted molar refractivity (Wildman–Crippen MR) is 85.1 cm³/mol. The molecule has 1 saturated heterocycles. The Bertz CT molecular complexity index is 546. The summed E-state index contributed by atoms with van der Waals surface area (Å²) < 4.78 is 0. The first-order valence-electron chi connectivity index (χ1n) is 7.54. The number of amides is 2. The Morgan fingerprint density at radius 2 is 2.27 bits per heavy atom. The number of piperidine rings is 1. The number of carboxylic acids is 1. The fourth-order valence-electron chi connectivity index (χ4n) is 2.73. The van der Waals surface area contributed by atoms with Gasteiger partial charge in [0.1, 0.15) is 0 Å². The summed E-state index contributed by atoms with van der Waals surface area (Å²) in [6.45, 7) is 7.37. The van der Waals surface area contributed by atoms with Gasteiger partial charge in [-0.1, -0.05) is 13.8 Å². The van der Waals surface area contributed by atoms with Gasteiger partial charge in [-0.2, -0.15) is 0 Å². The molecule has 2 heterocycles. The molecule has 0 saturated carbocycles. The number of carboxylic acid groups (broad SMARTS) is 1. The number of aryl methyl sites for hydroxylation is 1. The Labute approximate surface area is 134 Å². The van der Waals surface area contributed by atoms with Crippen molar-refractivity contribution in [2.45, 2.75) is 33.1 Å². The van der Waals surface area contributed by atoms with Crippen molar-refractivity contribution in [2.24, 2.45) is 11.8 Å². The number of likely N-dealkylation sites (tertiary alicyclic amines) is 1. The first-order valence-corrected chi connectivity index (χ1v) is 8.42. The van der Waals surface area contributed by atoms with Crippen molar-refractivity contribution < 1.29 is 14.7 Å². The molecule has 22 heavy (non-hydrogen) atoms. The number of nitrogens with zero attached hydrogens (tertiary/aromatic N) is 2. The molecule has 0 spiro atoms. The van der Waals surface area contributed by atoms with E-state index in [1.165, 1.54) is 0 Å². The average molecular weight is 325 g/mol. The molecule has 1 aliphatic rings. The van der Waals surface area contributed by atoms with Gasteiger partial charge in [0.05, 0.1) is 10.9 Å². The molecule has 1 aliphatic heterocycles. The van der Waals surface area contributed by atoms with E-state index in [1.54, 1.807) is 16.2 Å². The summed E-state index contributed by atoms with van der Waals surface area (Å²) in [6.07, 6.45) is 0.633. The molecule has 1 fully saturated rings. The molecule has 2 rings (SSSR count). The van der Waals surface area contributed by atoms with Crippen LogP contribution in [0.4, 0.5) is 4.79 Å². The number of aliphatic carboxylic acids is 1. The van der Waals surface area contributed by atoms with E-state index in [2.05, 4.69) is 10.3 Å². The van der Waals surface area contributed by atoms with Crippen LogP contribution in [0.1, 0.15) is 36.9 Å². The maximum absolute atomic E-state index is 12.3. The second-order valence-electron chi connectivity index (χ2n) is 6.20. The molecule has 2 N–H and O–H groups in total. The number of hydrogen-bond acceptors (Lipinski definition) is 4. The number of thiazole rings is 1. The van der Waals surface area contributed by atoms with Crippen molar-refractivity contribution >= 4 is 23.3 Å². The van der Waals surface area contributed by atoms with E-state index < -0.39 is 11.9 Å². The van der Waals surface area contributed by atoms with Gasteiger partial charge in [-0.15, -0.1) is 11.3 Å². The highest BCUT2D eigenvalue weighted by atomic mass is 32.1. The lowest BCUT2D eigenvalue weighted by Gasteiger charge is -2.34. The lowest BCUT2D eigenvalue weighted by atomic mass is 9.91. The number of hydrogen-bond donors (Lipinski definition) is 2. The molecule has 1 aromatic rings. The zero-order valence-electron chi connectivity index (χ0n) is 13.2. The largest absolute Gasteiger partial charge is 0.481 e. The Balaban J connectivity index is 1.87. The predicted octanol–water partition coefficient (Wildman–Crippen LogP) is 2.31. The Morgan fingerprint density at radius 3 is 2.86 bits per heavy atom. The first kappa shape index (κ1) is 16.7. The molecule has 6 nitrogen and oxygen atoms in total. The van der Waals surface area contributed by atoms with E-state index in [1.807, 2.05) is 26.2 Å². The molecule has 1 aromatic heterocycles. The van der Waals surface area contributed by atoms with Gasteiger partial charge in [-0.3, -0.25) is 4.79 Å². The second kappa shape index (κ2) is 7.09. The minimum absolute atomic E-state index is 0.153. The summed E-state index contributed by atoms with van der Waals surface area (Å²) in [5.41, 5.74) is 0.993. The van der Waals surface area contributed by atoms with Gasteiger partial charge in [0.2, 0.25) is 0 Å². The third-order valence-corrected chi connectivity index (χ3v) is 5.11. The molecule has 0 aliphatic carbocycles. The van der Waals surface area contributed by atoms with Crippen LogP contribution in [0.5, 0.6) is 0 Å². The maximum atomic E-state index is 12.3. The second-order valence-corrected chi connectivity index (χ2v) is 7.08. The Morgan fingerprint density at radius 1 is 1.55 bits per heavy atom. The van der Waals surface area contributed by atoms with Crippen LogP contribution >= 0.6 is 11.3 Å². The number of aromatic nitrogens is 1. The number of carbonyl (C=O) groups excluding carboxylic acids is 1. The fraction of sp³-hybridized carbons (Fsp3) is 0.667. The number of carbonyl (C=O) groups is 2. The molecule has 7 heteroatoms. The van der Waals surface area contributed by atoms with Crippen LogP contribution in [0.2, 0.25) is 0 Å². The number of urea groups is 1. The third-order valence-electron chi connectivity index (χ3n) is 3.91. The monoisotopic (exact) mass is 325 g/mol. The van der Waals surface area contributed by atoms with Gasteiger partial charge >= 0.3 is 12.0 Å². The molecule has 0 bridgehead atoms. The van der Waals surface area contributed by atoms with Crippen LogP contribution in [-0.2, 0) is 4.79 Å². The van der Waals surface area contributed by atoms with Crippen molar-refractivity contribution in [3.05, 3.63) is 16.1 Å². The fourth-order valence-corrected chi connectivity index (χ4v) is 3.59. The van der Waals surface area contributed by atoms with Gasteiger partial charge < -0.3 is 15.3 Å². The summed E-state index contributed by atoms with van der Waals surface area (Å²) in [7, 11) is 0. The third kappa shape index (κ3) is 4.19. The zero-order chi connectivity index (χ0) is 16.3. The summed E-state index contributed by atoms with van der Waals surface area (Å²) in [6, 6.07) is -0.182. The van der Waals surface area contributed by atoms with Crippen LogP contribution < -0.4 is 5.32 Å². The highest BCUT2D eigenvalue weighted by Crippen LogP contribution is 2.22. The standard InChI is InChI=1S/C15H23N3O3S/c1-9-4-12(14(19)20)7-18(6-9)15(21)16-5-10(2)13-17-11(3)8-22-13/h8-10,12H,4-7H2,1-3H3,(H,16,21)(H,19,20). The Kier molecular flexibility index (Phi) is 5.39. The quantitative estimate of drug-likeness (QED) is 0.890. The molecule has 3 unspecified atom stereocenters. The van der Waals surface area contributed by atoms with E-state index in [9.17, 15) is 9.59 Å². The topological polar surface area (TPSA) is 82.5 Å². The van der Waals surface area contributed by atoms with Crippen LogP contribution in [0, 0.1) is 18.8 Å². The molecule has 122 valence electrons. The summed E-state index contributed by atoms with van der Waals surface area (Å²) >= 11 is 1.60. The van der Waals surface area contributed by atoms with Crippen LogP contribution in [0.25, 0.3) is 0 Å². The summed E-state index contributed by atoms with van der Waals surface area (Å²) in [5.74, 6) is -0.927. The zero-order valence-corrected chi connectivity index (χ0v) is 14.0. The van der Waals surface area contributed by atoms with E-state index in [0.717, 1.165) is 10.7 Å². The van der Waals surface area contributed by atoms with Crippen LogP contribution in [-0.4, -0.2) is 46.6 Å². The van der Waals surface area contributed by atoms with E-state index in [-0.39, 0.29) is 24.4 Å². The van der Waals surface area contributed by atoms with E-state index >= 15 is 0 Å². The smallest absolute Gasteiger partial charge is 0.317 e. The highest BCUT2D eigenvalue weighted by Gasteiger charge is 2.31. The first-order chi connectivity index (χ1) is 10.4. The van der Waals surface area contributed by atoms with Gasteiger partial charge in [0.15, 0.2) is 0 Å². The molecule has 3 atom stereocenters. The van der Waals surface area contributed by atoms with Crippen LogP contribution in [0.3, 0.4) is 0 Å². The van der Waals surface area contributed by atoms with Crippen molar-refractivity contribution in [3.8, 4) is 0 Å². The van der Waals surface area contributed by atoms with Crippen molar-refractivity contribution in [2.75, 3.05) is 19.6 Å². The molecule has 0 aromatic carbocycles. The van der Waals surface area contributed by atoms with E-state index in [0.29, 0.717) is 19.5 Å². The van der Waals surface area contributed by atoms with Gasteiger partial charge in [-0.05, 0) is 19.3 Å². The minimum Gasteiger partial charge on any atom is -0.481 e. The number of nitrogens with one attached hydrogen (secondary N) is 1. The summed E-state index contributed by atoms with van der Waals surface area (Å²) in [5, 5.41) is 15.1. The van der Waals surface area contributed by atoms with Gasteiger partial charge in [-0.25, -0.2) is 9.78 Å². The van der Waals surface area contributed by atoms with Crippen LogP contribution in [0.15, 0.2) is 5.38 Å². The molecular formula is C15H23N3O3S. The lowest BCUT2D eigenvalue weighted by Crippen LogP contribution is -2.50. The normalized spacial score (nSPS) is 23.1. The van der Waals surface area contributed by atoms with Gasteiger partial charge in [0.25, 0.3) is 0 Å². The minimum atomic E-state index is -0.823. The SMILES string of the molecule is Cc1csc(C(C)CNC(=O)N2CC(C)CC(C(=O)O)C2)n1. The molecular weight excluding hydrogens is 302 g/mol. The lowest BCUT2D eigenvalue weighted by molar-refractivity contribution is -0.143. The van der Waals surface area contributed by atoms with E-state index in [4.69, 9.17) is 5.11 Å². The molecule has 0 radical (unpaired) electrons. The summed E-state index contributed by atoms with van der Waals surface area (Å²) in [4.78, 5) is 29.5. The number of rotatable bonds is 4. The highest BCUT2D eigenvalue weighted by molar-refractivity contribution is 7.09. The van der Waals surface area contributed by atoms with Crippen molar-refractivity contribution in [1.82, 2.24) is 15.2 Å². The Hall–Kier alpha value is -1.63. The maximum Gasteiger partial charge on any atom is 0.317 e. The average Bonchev–Trinajstić information content (AvgIpc) is 2.90. The van der Waals surface area contributed by atoms with Crippen molar-refractivity contribution in [3.63, 3.8) is 0 Å². The van der Waals surface area contributed by atoms with Gasteiger partial charge in [0, 0.05) is 36.6 Å². The van der Waals surface area contributed by atoms with Crippen molar-refractivity contribution in [1.29, 1.82) is 0 Å². The molecule has 2 amide bonds.